The number of nitrogens with one attached hydrogen (secondary N) is 1. The van der Waals surface area contributed by atoms with E-state index in [1.54, 1.807) is 18.3 Å². The molecule has 0 radical (unpaired) electrons. The van der Waals surface area contributed by atoms with Crippen LogP contribution in [0, 0.1) is 0 Å². The molecule has 3 N–H and O–H groups in total. The van der Waals surface area contributed by atoms with Crippen molar-refractivity contribution in [3.8, 4) is 17.0 Å². The second kappa shape index (κ2) is 12.1. The van der Waals surface area contributed by atoms with Crippen LogP contribution in [0.1, 0.15) is 54.9 Å². The van der Waals surface area contributed by atoms with Crippen molar-refractivity contribution in [3.63, 3.8) is 0 Å². The van der Waals surface area contributed by atoms with Crippen LogP contribution in [0.25, 0.3) is 11.3 Å². The summed E-state index contributed by atoms with van der Waals surface area (Å²) >= 11 is 6.26. The fraction of sp³-hybridized carbons (Fsp3) is 0.308. The van der Waals surface area contributed by atoms with Crippen molar-refractivity contribution in [1.82, 2.24) is 4.98 Å². The van der Waals surface area contributed by atoms with E-state index in [2.05, 4.69) is 17.2 Å². The number of para-hydroxylation sites is 1. The second-order valence-electron chi connectivity index (χ2n) is 7.68. The van der Waals surface area contributed by atoms with Crippen LogP contribution in [-0.2, 0) is 6.54 Å². The van der Waals surface area contributed by atoms with Crippen LogP contribution in [0.2, 0.25) is 5.02 Å². The summed E-state index contributed by atoms with van der Waals surface area (Å²) in [6.45, 7) is 3.41. The molecule has 1 heterocycles. The van der Waals surface area contributed by atoms with Crippen molar-refractivity contribution in [2.75, 3.05) is 11.9 Å². The van der Waals surface area contributed by atoms with Gasteiger partial charge in [0.15, 0.2) is 0 Å². The number of hydrogen-bond donors (Lipinski definition) is 2. The van der Waals surface area contributed by atoms with Gasteiger partial charge in [-0.2, -0.15) is 0 Å². The molecule has 2 aromatic carbocycles. The van der Waals surface area contributed by atoms with Gasteiger partial charge in [0, 0.05) is 34.6 Å². The molecule has 1 amide bonds. The average Bonchev–Trinajstić information content (AvgIpc) is 2.81. The Hall–Kier alpha value is -3.05. The minimum Gasteiger partial charge on any atom is -0.493 e. The lowest BCUT2D eigenvalue weighted by Crippen LogP contribution is -2.13. The normalized spacial score (nSPS) is 10.7. The molecular formula is C26H30ClN3O2. The highest BCUT2D eigenvalue weighted by atomic mass is 35.5. The average molecular weight is 452 g/mol. The summed E-state index contributed by atoms with van der Waals surface area (Å²) in [6, 6.07) is 16.8. The van der Waals surface area contributed by atoms with Crippen molar-refractivity contribution in [2.24, 2.45) is 5.73 Å². The van der Waals surface area contributed by atoms with Gasteiger partial charge < -0.3 is 15.8 Å². The van der Waals surface area contributed by atoms with Crippen LogP contribution in [0.4, 0.5) is 5.69 Å². The smallest absolute Gasteiger partial charge is 0.250 e. The number of hydrogen-bond acceptors (Lipinski definition) is 4. The number of carbonyl (C=O) groups excluding carboxylic acids is 1. The van der Waals surface area contributed by atoms with Gasteiger partial charge in [-0.05, 0) is 42.8 Å². The summed E-state index contributed by atoms with van der Waals surface area (Å²) in [5.41, 5.74) is 9.12. The van der Waals surface area contributed by atoms with E-state index in [4.69, 9.17) is 22.1 Å². The van der Waals surface area contributed by atoms with Gasteiger partial charge in [0.2, 0.25) is 0 Å². The van der Waals surface area contributed by atoms with Gasteiger partial charge in [-0.25, -0.2) is 0 Å². The Morgan fingerprint density at radius 2 is 1.88 bits per heavy atom. The number of ether oxygens (including phenoxy) is 1. The fourth-order valence-corrected chi connectivity index (χ4v) is 3.76. The first-order chi connectivity index (χ1) is 15.6. The van der Waals surface area contributed by atoms with E-state index in [-0.39, 0.29) is 0 Å². The maximum atomic E-state index is 11.9. The third-order valence-corrected chi connectivity index (χ3v) is 5.49. The summed E-state index contributed by atoms with van der Waals surface area (Å²) in [5, 5.41) is 4.11. The molecule has 0 fully saturated rings. The summed E-state index contributed by atoms with van der Waals surface area (Å²) in [4.78, 5) is 16.3. The van der Waals surface area contributed by atoms with Crippen molar-refractivity contribution in [3.05, 3.63) is 76.9 Å². The topological polar surface area (TPSA) is 77.2 Å². The van der Waals surface area contributed by atoms with Crippen LogP contribution < -0.4 is 15.8 Å². The molecule has 168 valence electrons. The lowest BCUT2D eigenvalue weighted by Gasteiger charge is -2.16. The predicted octanol–water partition coefficient (Wildman–Crippen LogP) is 6.46. The zero-order chi connectivity index (χ0) is 22.8. The number of aromatic nitrogens is 1. The van der Waals surface area contributed by atoms with Gasteiger partial charge in [0.1, 0.15) is 5.75 Å². The Morgan fingerprint density at radius 1 is 1.06 bits per heavy atom. The molecule has 0 spiro atoms. The van der Waals surface area contributed by atoms with Gasteiger partial charge in [0.25, 0.3) is 5.91 Å². The molecule has 0 aliphatic rings. The minimum absolute atomic E-state index is 0.386. The fourth-order valence-electron chi connectivity index (χ4n) is 3.57. The second-order valence-corrected chi connectivity index (χ2v) is 8.11. The molecule has 6 heteroatoms. The van der Waals surface area contributed by atoms with Gasteiger partial charge in [-0.15, -0.1) is 0 Å². The van der Waals surface area contributed by atoms with Gasteiger partial charge in [-0.1, -0.05) is 62.4 Å². The predicted molar refractivity (Wildman–Crippen MR) is 131 cm³/mol. The van der Waals surface area contributed by atoms with Crippen LogP contribution in [0.5, 0.6) is 5.75 Å². The number of halogens is 1. The number of anilines is 1. The molecule has 0 atom stereocenters. The molecule has 32 heavy (non-hydrogen) atoms. The SMILES string of the molecule is CCCCCCCOc1ccc(Cl)cc1CNc1ccccc1-c1ncccc1C(N)=O. The zero-order valence-electron chi connectivity index (χ0n) is 18.4. The molecular weight excluding hydrogens is 422 g/mol. The standard InChI is InChI=1S/C26H30ClN3O2/c1-2-3-4-5-8-16-32-24-14-13-20(27)17-19(24)18-30-23-12-7-6-10-21(23)25-22(26(28)31)11-9-15-29-25/h6-7,9-15,17,30H,2-5,8,16,18H2,1H3,(H2,28,31). The van der Waals surface area contributed by atoms with E-state index >= 15 is 0 Å². The van der Waals surface area contributed by atoms with E-state index in [1.807, 2.05) is 42.5 Å². The third-order valence-electron chi connectivity index (χ3n) is 5.25. The maximum Gasteiger partial charge on any atom is 0.250 e. The Labute approximate surface area is 195 Å². The van der Waals surface area contributed by atoms with Crippen molar-refractivity contribution < 1.29 is 9.53 Å². The van der Waals surface area contributed by atoms with Crippen LogP contribution in [0.15, 0.2) is 60.8 Å². The maximum absolute atomic E-state index is 11.9. The first kappa shape index (κ1) is 23.6. The Balaban J connectivity index is 1.74. The summed E-state index contributed by atoms with van der Waals surface area (Å²) in [7, 11) is 0. The molecule has 1 aromatic heterocycles. The summed E-state index contributed by atoms with van der Waals surface area (Å²) in [5.74, 6) is 0.318. The highest BCUT2D eigenvalue weighted by molar-refractivity contribution is 6.30. The third kappa shape index (κ3) is 6.47. The lowest BCUT2D eigenvalue weighted by molar-refractivity contribution is 0.100. The number of benzene rings is 2. The minimum atomic E-state index is -0.507. The lowest BCUT2D eigenvalue weighted by atomic mass is 10.0. The largest absolute Gasteiger partial charge is 0.493 e. The van der Waals surface area contributed by atoms with E-state index in [0.717, 1.165) is 29.0 Å². The van der Waals surface area contributed by atoms with Crippen LogP contribution >= 0.6 is 11.6 Å². The highest BCUT2D eigenvalue weighted by Gasteiger charge is 2.14. The molecule has 5 nitrogen and oxygen atoms in total. The quantitative estimate of drug-likeness (QED) is 0.309. The molecule has 3 aromatic rings. The molecule has 0 saturated heterocycles. The molecule has 3 rings (SSSR count). The molecule has 0 unspecified atom stereocenters. The van der Waals surface area contributed by atoms with Gasteiger partial charge in [0.05, 0.1) is 17.9 Å². The van der Waals surface area contributed by atoms with E-state index in [1.165, 1.54) is 25.7 Å². The van der Waals surface area contributed by atoms with E-state index < -0.39 is 5.91 Å². The molecule has 0 aliphatic carbocycles. The number of nitrogens with two attached hydrogens (primary N) is 1. The molecule has 0 aliphatic heterocycles. The Kier molecular flexibility index (Phi) is 8.93. The number of pyridine rings is 1. The number of unbranched alkanes of at least 4 members (excludes halogenated alkanes) is 4. The highest BCUT2D eigenvalue weighted by Crippen LogP contribution is 2.30. The van der Waals surface area contributed by atoms with Crippen LogP contribution in [0.3, 0.4) is 0 Å². The Morgan fingerprint density at radius 3 is 2.69 bits per heavy atom. The monoisotopic (exact) mass is 451 g/mol. The number of amides is 1. The van der Waals surface area contributed by atoms with E-state index in [0.29, 0.717) is 29.4 Å². The van der Waals surface area contributed by atoms with E-state index in [9.17, 15) is 4.79 Å². The van der Waals surface area contributed by atoms with Crippen molar-refractivity contribution >= 4 is 23.2 Å². The number of nitrogens with zero attached hydrogens (tertiary/aromatic N) is 1. The van der Waals surface area contributed by atoms with Gasteiger partial charge in [-0.3, -0.25) is 9.78 Å². The number of primary amides is 1. The number of rotatable bonds is 12. The zero-order valence-corrected chi connectivity index (χ0v) is 19.2. The first-order valence-corrected chi connectivity index (χ1v) is 11.5. The van der Waals surface area contributed by atoms with Crippen LogP contribution in [-0.4, -0.2) is 17.5 Å². The first-order valence-electron chi connectivity index (χ1n) is 11.1. The molecule has 0 saturated carbocycles. The van der Waals surface area contributed by atoms with Gasteiger partial charge >= 0.3 is 0 Å². The summed E-state index contributed by atoms with van der Waals surface area (Å²) in [6.07, 6.45) is 7.61. The number of carbonyl (C=O) groups is 1. The molecule has 0 bridgehead atoms. The van der Waals surface area contributed by atoms with Crippen molar-refractivity contribution in [2.45, 2.75) is 45.6 Å². The summed E-state index contributed by atoms with van der Waals surface area (Å²) < 4.78 is 6.05. The van der Waals surface area contributed by atoms with Crippen molar-refractivity contribution in [1.29, 1.82) is 0 Å². The Bertz CT molecular complexity index is 1040.